The van der Waals surface area contributed by atoms with Crippen LogP contribution in [0.5, 0.6) is 5.75 Å². The molecular formula is C25H28F2N2O4S2. The van der Waals surface area contributed by atoms with Gasteiger partial charge in [0.1, 0.15) is 0 Å². The molecule has 0 spiro atoms. The van der Waals surface area contributed by atoms with E-state index in [4.69, 9.17) is 17.4 Å². The molecule has 2 aliphatic heterocycles. The molecule has 1 unspecified atom stereocenters. The number of hydrogen-bond donors (Lipinski definition) is 2. The zero-order valence-corrected chi connectivity index (χ0v) is 20.8. The zero-order chi connectivity index (χ0) is 24.8. The SMILES string of the molecule is O=C1CCOc2c(F)cccc2-c2cccc(c2)C[C@H]2C(S)[C@@H](NS(=O)(=O)C3(F)CC3)CCCN12. The molecule has 1 N–H and O–H groups in total. The summed E-state index contributed by atoms with van der Waals surface area (Å²) in [6.07, 6.45) is 1.45. The van der Waals surface area contributed by atoms with Gasteiger partial charge in [-0.25, -0.2) is 21.9 Å². The molecule has 188 valence electrons. The summed E-state index contributed by atoms with van der Waals surface area (Å²) in [5, 5.41) is -2.75. The van der Waals surface area contributed by atoms with Gasteiger partial charge in [-0.05, 0) is 36.5 Å². The fourth-order valence-electron chi connectivity index (χ4n) is 4.99. The Balaban J connectivity index is 1.50. The Labute approximate surface area is 209 Å². The van der Waals surface area contributed by atoms with Crippen LogP contribution < -0.4 is 9.46 Å². The number of hydrogen-bond acceptors (Lipinski definition) is 5. The van der Waals surface area contributed by atoms with Crippen LogP contribution in [-0.2, 0) is 21.2 Å². The first kappa shape index (κ1) is 24.5. The van der Waals surface area contributed by atoms with Gasteiger partial charge in [-0.2, -0.15) is 12.6 Å². The van der Waals surface area contributed by atoms with E-state index in [2.05, 4.69) is 4.72 Å². The zero-order valence-electron chi connectivity index (χ0n) is 19.1. The Kier molecular flexibility index (Phi) is 6.56. The Morgan fingerprint density at radius 2 is 1.94 bits per heavy atom. The maximum atomic E-state index is 14.6. The van der Waals surface area contributed by atoms with E-state index in [9.17, 15) is 22.0 Å². The number of nitrogens with one attached hydrogen (secondary N) is 1. The number of carbonyl (C=O) groups is 1. The molecule has 2 aromatic carbocycles. The van der Waals surface area contributed by atoms with Crippen molar-refractivity contribution < 1.29 is 26.7 Å². The van der Waals surface area contributed by atoms with Crippen LogP contribution in [0, 0.1) is 5.82 Å². The van der Waals surface area contributed by atoms with E-state index in [1.54, 1.807) is 17.0 Å². The average molecular weight is 523 g/mol. The van der Waals surface area contributed by atoms with Crippen molar-refractivity contribution in [3.05, 3.63) is 53.8 Å². The summed E-state index contributed by atoms with van der Waals surface area (Å²) in [4.78, 5) is 15.0. The fraction of sp³-hybridized carbons (Fsp3) is 0.480. The Hall–Kier alpha value is -2.17. The second-order valence-corrected chi connectivity index (χ2v) is 12.1. The molecule has 2 heterocycles. The molecule has 2 fully saturated rings. The molecule has 0 aromatic heterocycles. The van der Waals surface area contributed by atoms with Gasteiger partial charge in [0.05, 0.1) is 13.0 Å². The van der Waals surface area contributed by atoms with Crippen molar-refractivity contribution in [1.82, 2.24) is 9.62 Å². The van der Waals surface area contributed by atoms with E-state index in [1.165, 1.54) is 6.07 Å². The average Bonchev–Trinajstić information content (AvgIpc) is 3.60. The lowest BCUT2D eigenvalue weighted by atomic mass is 9.94. The van der Waals surface area contributed by atoms with E-state index in [1.807, 2.05) is 24.3 Å². The fourth-order valence-corrected chi connectivity index (χ4v) is 7.09. The summed E-state index contributed by atoms with van der Waals surface area (Å²) in [7, 11) is -4.14. The molecule has 2 aromatic rings. The molecular weight excluding hydrogens is 494 g/mol. The highest BCUT2D eigenvalue weighted by atomic mass is 32.2. The number of carbonyl (C=O) groups excluding carboxylic acids is 1. The lowest BCUT2D eigenvalue weighted by Gasteiger charge is -2.36. The first-order valence-corrected chi connectivity index (χ1v) is 13.9. The van der Waals surface area contributed by atoms with Crippen molar-refractivity contribution in [2.75, 3.05) is 13.2 Å². The van der Waals surface area contributed by atoms with Crippen molar-refractivity contribution >= 4 is 28.6 Å². The van der Waals surface area contributed by atoms with Crippen molar-refractivity contribution in [2.45, 2.75) is 60.9 Å². The summed E-state index contributed by atoms with van der Waals surface area (Å²) in [5.41, 5.74) is 2.28. The van der Waals surface area contributed by atoms with Crippen LogP contribution in [0.15, 0.2) is 42.5 Å². The van der Waals surface area contributed by atoms with Crippen LogP contribution in [0.1, 0.15) is 37.7 Å². The van der Waals surface area contributed by atoms with Crippen LogP contribution in [-0.4, -0.2) is 54.7 Å². The molecule has 6 nitrogen and oxygen atoms in total. The lowest BCUT2D eigenvalue weighted by Crippen LogP contribution is -2.53. The molecule has 1 amide bonds. The van der Waals surface area contributed by atoms with Gasteiger partial charge in [0, 0.05) is 42.3 Å². The maximum absolute atomic E-state index is 14.6. The van der Waals surface area contributed by atoms with Crippen LogP contribution in [0.4, 0.5) is 8.78 Å². The van der Waals surface area contributed by atoms with E-state index >= 15 is 0 Å². The first-order chi connectivity index (χ1) is 16.7. The van der Waals surface area contributed by atoms with Gasteiger partial charge in [0.25, 0.3) is 0 Å². The number of halogens is 2. The van der Waals surface area contributed by atoms with E-state index in [-0.39, 0.29) is 37.5 Å². The van der Waals surface area contributed by atoms with Crippen LogP contribution in [0.25, 0.3) is 11.1 Å². The van der Waals surface area contributed by atoms with Crippen molar-refractivity contribution in [1.29, 1.82) is 0 Å². The van der Waals surface area contributed by atoms with E-state index in [0.717, 1.165) is 11.1 Å². The topological polar surface area (TPSA) is 75.7 Å². The third-order valence-electron chi connectivity index (χ3n) is 7.08. The van der Waals surface area contributed by atoms with Gasteiger partial charge >= 0.3 is 0 Å². The number of thiol groups is 1. The molecule has 35 heavy (non-hydrogen) atoms. The highest BCUT2D eigenvalue weighted by Gasteiger charge is 2.56. The predicted octanol–water partition coefficient (Wildman–Crippen LogP) is 3.85. The van der Waals surface area contributed by atoms with Crippen LogP contribution >= 0.6 is 12.6 Å². The minimum atomic E-state index is -4.14. The molecule has 1 saturated heterocycles. The minimum Gasteiger partial charge on any atom is -0.489 e. The number of amides is 1. The van der Waals surface area contributed by atoms with E-state index < -0.39 is 38.2 Å². The standard InChI is InChI=1S/C25H28F2N2O4S2/c26-19-7-2-6-18-17-5-1-4-16(14-17)15-21-24(34)20(28-35(31,32)25(27)10-11-25)8-3-12-29(21)22(30)9-13-33-23(18)19/h1-2,4-7,14,20-21,24,28,34H,3,8-13,15H2/t20-,21-,24?/m0/s1. The number of nitrogens with zero attached hydrogens (tertiary/aromatic N) is 1. The molecule has 3 atom stereocenters. The van der Waals surface area contributed by atoms with Crippen LogP contribution in [0.3, 0.4) is 0 Å². The first-order valence-electron chi connectivity index (χ1n) is 11.9. The third kappa shape index (κ3) is 4.80. The van der Waals surface area contributed by atoms with Gasteiger partial charge in [0.2, 0.25) is 20.9 Å². The molecule has 1 saturated carbocycles. The molecule has 1 aliphatic carbocycles. The lowest BCUT2D eigenvalue weighted by molar-refractivity contribution is -0.133. The predicted molar refractivity (Wildman–Crippen MR) is 132 cm³/mol. The summed E-state index contributed by atoms with van der Waals surface area (Å²) in [6, 6.07) is 11.3. The van der Waals surface area contributed by atoms with Gasteiger partial charge in [0.15, 0.2) is 11.6 Å². The molecule has 5 rings (SSSR count). The molecule has 3 aliphatic rings. The smallest absolute Gasteiger partial charge is 0.247 e. The number of fused-ring (bicyclic) bond motifs is 5. The van der Waals surface area contributed by atoms with Crippen molar-refractivity contribution in [2.24, 2.45) is 0 Å². The number of sulfonamides is 1. The maximum Gasteiger partial charge on any atom is 0.247 e. The van der Waals surface area contributed by atoms with Crippen molar-refractivity contribution in [3.63, 3.8) is 0 Å². The second kappa shape index (κ2) is 9.37. The second-order valence-electron chi connectivity index (χ2n) is 9.52. The number of ether oxygens (including phenoxy) is 1. The highest BCUT2D eigenvalue weighted by molar-refractivity contribution is 7.91. The summed E-state index contributed by atoms with van der Waals surface area (Å²) in [6.45, 7) is 0.428. The monoisotopic (exact) mass is 522 g/mol. The Bertz CT molecular complexity index is 1240. The molecule has 0 radical (unpaired) electrons. The highest BCUT2D eigenvalue weighted by Crippen LogP contribution is 2.45. The number of para-hydroxylation sites is 1. The molecule has 10 heteroatoms. The Morgan fingerprint density at radius 3 is 2.71 bits per heavy atom. The number of alkyl halides is 1. The molecule has 2 bridgehead atoms. The van der Waals surface area contributed by atoms with Crippen LogP contribution in [0.2, 0.25) is 0 Å². The van der Waals surface area contributed by atoms with Crippen molar-refractivity contribution in [3.8, 4) is 16.9 Å². The van der Waals surface area contributed by atoms with Gasteiger partial charge in [-0.15, -0.1) is 0 Å². The summed E-state index contributed by atoms with van der Waals surface area (Å²) >= 11 is 4.80. The summed E-state index contributed by atoms with van der Waals surface area (Å²) < 4.78 is 62.6. The quantitative estimate of drug-likeness (QED) is 0.601. The van der Waals surface area contributed by atoms with Gasteiger partial charge < -0.3 is 9.64 Å². The summed E-state index contributed by atoms with van der Waals surface area (Å²) in [5.74, 6) is -0.541. The van der Waals surface area contributed by atoms with Gasteiger partial charge in [-0.3, -0.25) is 4.79 Å². The normalized spacial score (nSPS) is 26.3. The van der Waals surface area contributed by atoms with E-state index in [0.29, 0.717) is 31.4 Å². The Morgan fingerprint density at radius 1 is 1.17 bits per heavy atom. The number of benzene rings is 2. The largest absolute Gasteiger partial charge is 0.489 e. The number of rotatable bonds is 3. The minimum absolute atomic E-state index is 0.00477. The van der Waals surface area contributed by atoms with Gasteiger partial charge in [-0.1, -0.05) is 36.4 Å². The third-order valence-corrected chi connectivity index (χ3v) is 9.77.